The number of hydrogen-bond acceptors (Lipinski definition) is 3. The molecule has 0 saturated carbocycles. The topological polar surface area (TPSA) is 65.1 Å². The van der Waals surface area contributed by atoms with Crippen molar-refractivity contribution in [1.29, 1.82) is 0 Å². The molecule has 0 radical (unpaired) electrons. The molecule has 23 heavy (non-hydrogen) atoms. The summed E-state index contributed by atoms with van der Waals surface area (Å²) in [7, 11) is 0. The summed E-state index contributed by atoms with van der Waals surface area (Å²) >= 11 is 0. The lowest BCUT2D eigenvalue weighted by molar-refractivity contribution is 0.0675. The van der Waals surface area contributed by atoms with Gasteiger partial charge in [-0.25, -0.2) is 4.39 Å². The number of aromatic nitrogens is 1. The number of benzene rings is 1. The molecule has 0 aliphatic carbocycles. The first-order valence-electron chi connectivity index (χ1n) is 8.02. The molecule has 3 N–H and O–H groups in total. The molecule has 5 heteroatoms. The van der Waals surface area contributed by atoms with Crippen molar-refractivity contribution in [2.75, 3.05) is 0 Å². The van der Waals surface area contributed by atoms with Crippen LogP contribution in [0.2, 0.25) is 0 Å². The van der Waals surface area contributed by atoms with Crippen LogP contribution in [0.25, 0.3) is 10.9 Å². The zero-order valence-electron chi connectivity index (χ0n) is 13.9. The summed E-state index contributed by atoms with van der Waals surface area (Å²) in [6.45, 7) is 6.26. The molecular weight excluding hydrogens is 295 g/mol. The fourth-order valence-electron chi connectivity index (χ4n) is 2.60. The van der Waals surface area contributed by atoms with Gasteiger partial charge in [0.05, 0.1) is 5.60 Å². The molecule has 126 valence electrons. The highest BCUT2D eigenvalue weighted by Gasteiger charge is 2.12. The number of aliphatic hydroxyl groups is 1. The van der Waals surface area contributed by atoms with Crippen molar-refractivity contribution in [1.82, 2.24) is 10.3 Å². The number of halogens is 1. The summed E-state index contributed by atoms with van der Waals surface area (Å²) in [5.74, 6) is -0.408. The Hall–Kier alpha value is -1.72. The number of rotatable bonds is 7. The Morgan fingerprint density at radius 2 is 2.09 bits per heavy atom. The summed E-state index contributed by atoms with van der Waals surface area (Å²) in [6, 6.07) is 5.98. The smallest absolute Gasteiger partial charge is 0.189 e. The maximum Gasteiger partial charge on any atom is 0.189 e. The number of pyridine rings is 1. The van der Waals surface area contributed by atoms with Crippen molar-refractivity contribution < 1.29 is 9.50 Å². The molecule has 1 aromatic heterocycles. The molecular formula is C18H25FN2O2. The number of H-pyrrole nitrogens is 1. The van der Waals surface area contributed by atoms with Gasteiger partial charge in [0.15, 0.2) is 5.43 Å². The van der Waals surface area contributed by atoms with Crippen molar-refractivity contribution >= 4 is 10.9 Å². The lowest BCUT2D eigenvalue weighted by atomic mass is 10.00. The van der Waals surface area contributed by atoms with Gasteiger partial charge in [0.2, 0.25) is 0 Å². The highest BCUT2D eigenvalue weighted by molar-refractivity contribution is 5.78. The zero-order chi connectivity index (χ0) is 17.0. The zero-order valence-corrected chi connectivity index (χ0v) is 13.9. The maximum absolute atomic E-state index is 13.2. The van der Waals surface area contributed by atoms with E-state index in [-0.39, 0.29) is 11.5 Å². The van der Waals surface area contributed by atoms with Crippen LogP contribution < -0.4 is 10.7 Å². The molecule has 0 amide bonds. The molecule has 1 unspecified atom stereocenters. The Morgan fingerprint density at radius 1 is 1.35 bits per heavy atom. The molecule has 0 spiro atoms. The van der Waals surface area contributed by atoms with Crippen molar-refractivity contribution in [2.45, 2.75) is 58.2 Å². The molecule has 0 saturated heterocycles. The summed E-state index contributed by atoms with van der Waals surface area (Å²) in [5.41, 5.74) is 0.622. The average Bonchev–Trinajstić information content (AvgIpc) is 2.44. The van der Waals surface area contributed by atoms with Crippen LogP contribution in [0.5, 0.6) is 0 Å². The van der Waals surface area contributed by atoms with Crippen LogP contribution in [0.15, 0.2) is 29.1 Å². The van der Waals surface area contributed by atoms with E-state index >= 15 is 0 Å². The third-order valence-corrected chi connectivity index (χ3v) is 3.91. The minimum absolute atomic E-state index is 0.176. The Balaban J connectivity index is 1.94. The largest absolute Gasteiger partial charge is 0.390 e. The molecule has 4 nitrogen and oxygen atoms in total. The van der Waals surface area contributed by atoms with Crippen LogP contribution in [0.4, 0.5) is 4.39 Å². The predicted molar refractivity (Wildman–Crippen MR) is 91.0 cm³/mol. The Kier molecular flexibility index (Phi) is 5.55. The second kappa shape index (κ2) is 7.23. The van der Waals surface area contributed by atoms with E-state index < -0.39 is 11.4 Å². The van der Waals surface area contributed by atoms with Gasteiger partial charge in [-0.15, -0.1) is 0 Å². The van der Waals surface area contributed by atoms with Crippen molar-refractivity contribution in [3.05, 3.63) is 46.0 Å². The second-order valence-electron chi connectivity index (χ2n) is 6.84. The Morgan fingerprint density at radius 3 is 2.78 bits per heavy atom. The minimum atomic E-state index is -0.626. The lowest BCUT2D eigenvalue weighted by Gasteiger charge is -2.19. The molecule has 0 aliphatic heterocycles. The highest BCUT2D eigenvalue weighted by atomic mass is 19.1. The van der Waals surface area contributed by atoms with Gasteiger partial charge in [-0.3, -0.25) is 4.79 Å². The number of aromatic amines is 1. The first-order chi connectivity index (χ1) is 10.7. The maximum atomic E-state index is 13.2. The van der Waals surface area contributed by atoms with Crippen LogP contribution in [-0.4, -0.2) is 21.7 Å². The van der Waals surface area contributed by atoms with E-state index in [4.69, 9.17) is 0 Å². The van der Waals surface area contributed by atoms with Gasteiger partial charge < -0.3 is 15.4 Å². The third-order valence-electron chi connectivity index (χ3n) is 3.91. The van der Waals surface area contributed by atoms with Gasteiger partial charge in [0, 0.05) is 35.2 Å². The van der Waals surface area contributed by atoms with E-state index in [2.05, 4.69) is 17.2 Å². The van der Waals surface area contributed by atoms with E-state index in [9.17, 15) is 14.3 Å². The van der Waals surface area contributed by atoms with Gasteiger partial charge >= 0.3 is 0 Å². The normalized spacial score (nSPS) is 13.4. The molecule has 0 aliphatic rings. The molecule has 1 atom stereocenters. The fourth-order valence-corrected chi connectivity index (χ4v) is 2.60. The van der Waals surface area contributed by atoms with Gasteiger partial charge in [-0.1, -0.05) is 0 Å². The van der Waals surface area contributed by atoms with Gasteiger partial charge in [0.1, 0.15) is 5.82 Å². The fraction of sp³-hybridized carbons (Fsp3) is 0.500. The highest BCUT2D eigenvalue weighted by Crippen LogP contribution is 2.14. The van der Waals surface area contributed by atoms with E-state index in [1.807, 2.05) is 13.8 Å². The van der Waals surface area contributed by atoms with Crippen molar-refractivity contribution in [3.63, 3.8) is 0 Å². The van der Waals surface area contributed by atoms with Gasteiger partial charge in [0.25, 0.3) is 0 Å². The Labute approximate surface area is 135 Å². The van der Waals surface area contributed by atoms with Crippen molar-refractivity contribution in [2.24, 2.45) is 0 Å². The van der Waals surface area contributed by atoms with E-state index in [1.54, 1.807) is 6.07 Å². The minimum Gasteiger partial charge on any atom is -0.390 e. The predicted octanol–water partition coefficient (Wildman–Crippen LogP) is 3.09. The summed E-state index contributed by atoms with van der Waals surface area (Å²) in [5, 5.41) is 13.4. The van der Waals surface area contributed by atoms with Gasteiger partial charge in [-0.05, 0) is 58.2 Å². The first kappa shape index (κ1) is 17.6. The van der Waals surface area contributed by atoms with Crippen LogP contribution in [0.1, 0.15) is 45.7 Å². The number of hydrogen-bond donors (Lipinski definition) is 3. The van der Waals surface area contributed by atoms with E-state index in [0.717, 1.165) is 25.0 Å². The van der Waals surface area contributed by atoms with E-state index in [1.165, 1.54) is 18.2 Å². The quantitative estimate of drug-likeness (QED) is 0.734. The Bertz CT molecular complexity index is 719. The molecule has 2 aromatic rings. The number of fused-ring (bicyclic) bond motifs is 1. The second-order valence-corrected chi connectivity index (χ2v) is 6.84. The summed E-state index contributed by atoms with van der Waals surface area (Å²) in [6.07, 6.45) is 2.65. The van der Waals surface area contributed by atoms with Gasteiger partial charge in [-0.2, -0.15) is 0 Å². The lowest BCUT2D eigenvalue weighted by Crippen LogP contribution is -2.27. The monoisotopic (exact) mass is 320 g/mol. The third kappa shape index (κ3) is 5.44. The van der Waals surface area contributed by atoms with E-state index in [0.29, 0.717) is 17.4 Å². The summed E-state index contributed by atoms with van der Waals surface area (Å²) in [4.78, 5) is 15.2. The average molecular weight is 320 g/mol. The first-order valence-corrected chi connectivity index (χ1v) is 8.02. The molecule has 0 fully saturated rings. The standard InChI is InChI=1S/C18H25FN2O2/c1-12(5-4-8-18(2,3)23)20-11-14-10-17(22)15-9-13(19)6-7-16(15)21-14/h6-7,9-10,12,20,23H,4-5,8,11H2,1-3H3,(H,21,22). The SMILES string of the molecule is CC(CCCC(C)(C)O)NCc1cc(=O)c2cc(F)ccc2[nH]1. The van der Waals surface area contributed by atoms with Crippen LogP contribution in [0.3, 0.4) is 0 Å². The molecule has 0 bridgehead atoms. The molecule has 2 rings (SSSR count). The van der Waals surface area contributed by atoms with Crippen molar-refractivity contribution in [3.8, 4) is 0 Å². The molecule has 1 aromatic carbocycles. The van der Waals surface area contributed by atoms with Crippen LogP contribution in [-0.2, 0) is 6.54 Å². The van der Waals surface area contributed by atoms with Crippen LogP contribution >= 0.6 is 0 Å². The summed E-state index contributed by atoms with van der Waals surface area (Å²) < 4.78 is 13.2. The van der Waals surface area contributed by atoms with Crippen LogP contribution in [0, 0.1) is 5.82 Å². The number of nitrogens with one attached hydrogen (secondary N) is 2. The molecule has 1 heterocycles.